The lowest BCUT2D eigenvalue weighted by Crippen LogP contribution is -2.00. The van der Waals surface area contributed by atoms with Gasteiger partial charge in [-0.15, -0.1) is 11.6 Å². The van der Waals surface area contributed by atoms with Crippen molar-refractivity contribution in [3.05, 3.63) is 45.6 Å². The monoisotopic (exact) mass is 314 g/mol. The summed E-state index contributed by atoms with van der Waals surface area (Å²) in [5.41, 5.74) is 2.26. The molecule has 0 radical (unpaired) electrons. The Hall–Kier alpha value is -1.10. The molecule has 1 atom stereocenters. The van der Waals surface area contributed by atoms with Gasteiger partial charge in [0.2, 0.25) is 0 Å². The van der Waals surface area contributed by atoms with Gasteiger partial charge < -0.3 is 0 Å². The molecule has 0 aliphatic rings. The van der Waals surface area contributed by atoms with Gasteiger partial charge in [-0.3, -0.25) is 4.57 Å². The molecule has 6 heteroatoms. The van der Waals surface area contributed by atoms with Crippen LogP contribution in [-0.4, -0.2) is 9.55 Å². The third-order valence-corrected chi connectivity index (χ3v) is 4.00. The van der Waals surface area contributed by atoms with Crippen molar-refractivity contribution in [3.8, 4) is 5.69 Å². The number of benzene rings is 1. The van der Waals surface area contributed by atoms with Crippen molar-refractivity contribution < 1.29 is 4.39 Å². The minimum Gasteiger partial charge on any atom is -0.294 e. The minimum atomic E-state index is -0.474. The molecular formula is C13H9Cl2FN2S. The van der Waals surface area contributed by atoms with Gasteiger partial charge in [-0.05, 0) is 24.4 Å². The van der Waals surface area contributed by atoms with E-state index in [1.165, 1.54) is 6.07 Å². The average molecular weight is 315 g/mol. The van der Waals surface area contributed by atoms with Crippen molar-refractivity contribution in [2.24, 2.45) is 0 Å². The molecule has 2 heterocycles. The fourth-order valence-corrected chi connectivity index (χ4v) is 2.94. The number of fused-ring (bicyclic) bond motifs is 1. The molecule has 0 bridgehead atoms. The van der Waals surface area contributed by atoms with Gasteiger partial charge in [-0.1, -0.05) is 11.6 Å². The van der Waals surface area contributed by atoms with Crippen LogP contribution in [0, 0.1) is 5.82 Å². The number of imidazole rings is 1. The molecule has 0 saturated heterocycles. The van der Waals surface area contributed by atoms with Crippen LogP contribution >= 0.6 is 34.5 Å². The van der Waals surface area contributed by atoms with Gasteiger partial charge in [0.1, 0.15) is 11.6 Å². The summed E-state index contributed by atoms with van der Waals surface area (Å²) in [5, 5.41) is 3.75. The van der Waals surface area contributed by atoms with E-state index in [9.17, 15) is 4.39 Å². The van der Waals surface area contributed by atoms with E-state index >= 15 is 0 Å². The van der Waals surface area contributed by atoms with Gasteiger partial charge in [-0.25, -0.2) is 9.37 Å². The van der Waals surface area contributed by atoms with E-state index in [2.05, 4.69) is 4.98 Å². The summed E-state index contributed by atoms with van der Waals surface area (Å²) in [6.07, 6.45) is 0. The third-order valence-electron chi connectivity index (χ3n) is 2.84. The quantitative estimate of drug-likeness (QED) is 0.596. The fraction of sp³-hybridized carbons (Fsp3) is 0.154. The normalized spacial score (nSPS) is 13.1. The summed E-state index contributed by atoms with van der Waals surface area (Å²) < 4.78 is 15.4. The molecule has 0 spiro atoms. The molecule has 98 valence electrons. The number of aromatic nitrogens is 2. The van der Waals surface area contributed by atoms with Crippen molar-refractivity contribution in [1.29, 1.82) is 0 Å². The Kier molecular flexibility index (Phi) is 3.25. The van der Waals surface area contributed by atoms with E-state index in [0.29, 0.717) is 11.3 Å². The molecule has 2 aromatic heterocycles. The number of rotatable bonds is 2. The molecule has 3 aromatic rings. The first kappa shape index (κ1) is 12.9. The number of nitrogens with zero attached hydrogens (tertiary/aromatic N) is 2. The topological polar surface area (TPSA) is 17.8 Å². The summed E-state index contributed by atoms with van der Waals surface area (Å²) in [5.74, 6) is 0.203. The maximum absolute atomic E-state index is 13.5. The van der Waals surface area contributed by atoms with Crippen LogP contribution in [-0.2, 0) is 0 Å². The highest BCUT2D eigenvalue weighted by Gasteiger charge is 2.18. The van der Waals surface area contributed by atoms with Crippen LogP contribution in [0.4, 0.5) is 4.39 Å². The van der Waals surface area contributed by atoms with Gasteiger partial charge in [0.15, 0.2) is 0 Å². The molecule has 0 N–H and O–H groups in total. The van der Waals surface area contributed by atoms with Crippen molar-refractivity contribution in [2.45, 2.75) is 12.3 Å². The summed E-state index contributed by atoms with van der Waals surface area (Å²) in [7, 11) is 0. The van der Waals surface area contributed by atoms with E-state index in [4.69, 9.17) is 23.2 Å². The Bertz CT molecular complexity index is 735. The Morgan fingerprint density at radius 3 is 2.84 bits per heavy atom. The maximum atomic E-state index is 13.5. The molecule has 2 nitrogen and oxygen atoms in total. The molecule has 0 aliphatic carbocycles. The average Bonchev–Trinajstić information content (AvgIpc) is 2.96. The van der Waals surface area contributed by atoms with Crippen molar-refractivity contribution >= 4 is 45.6 Å². The van der Waals surface area contributed by atoms with Crippen LogP contribution in [0.1, 0.15) is 18.1 Å². The lowest BCUT2D eigenvalue weighted by atomic mass is 10.3. The highest BCUT2D eigenvalue weighted by molar-refractivity contribution is 7.08. The fourth-order valence-electron chi connectivity index (χ4n) is 2.01. The van der Waals surface area contributed by atoms with E-state index in [0.717, 1.165) is 11.2 Å². The summed E-state index contributed by atoms with van der Waals surface area (Å²) in [6, 6.07) is 4.88. The molecule has 3 rings (SSSR count). The lowest BCUT2D eigenvalue weighted by Gasteiger charge is -2.08. The second-order valence-electron chi connectivity index (χ2n) is 4.16. The van der Waals surface area contributed by atoms with Crippen LogP contribution in [0.15, 0.2) is 29.0 Å². The van der Waals surface area contributed by atoms with E-state index in [1.54, 1.807) is 17.4 Å². The number of alkyl halides is 1. The molecule has 0 fully saturated rings. The third kappa shape index (κ3) is 2.14. The highest BCUT2D eigenvalue weighted by Crippen LogP contribution is 2.31. The zero-order valence-electron chi connectivity index (χ0n) is 9.90. The Labute approximate surface area is 123 Å². The van der Waals surface area contributed by atoms with Crippen LogP contribution < -0.4 is 0 Å². The first-order chi connectivity index (χ1) is 9.08. The van der Waals surface area contributed by atoms with Crippen molar-refractivity contribution in [1.82, 2.24) is 9.55 Å². The SMILES string of the molecule is CC(Cl)c1nc2cc(F)c(Cl)cc2n1-c1ccsc1. The van der Waals surface area contributed by atoms with Crippen molar-refractivity contribution in [3.63, 3.8) is 0 Å². The van der Waals surface area contributed by atoms with Gasteiger partial charge in [0, 0.05) is 11.4 Å². The van der Waals surface area contributed by atoms with E-state index in [-0.39, 0.29) is 10.4 Å². The van der Waals surface area contributed by atoms with Crippen molar-refractivity contribution in [2.75, 3.05) is 0 Å². The molecule has 0 amide bonds. The van der Waals surface area contributed by atoms with E-state index in [1.807, 2.05) is 28.3 Å². The Morgan fingerprint density at radius 1 is 1.42 bits per heavy atom. The summed E-state index contributed by atoms with van der Waals surface area (Å²) in [4.78, 5) is 4.41. The van der Waals surface area contributed by atoms with Gasteiger partial charge in [0.05, 0.1) is 27.1 Å². The van der Waals surface area contributed by atoms with Crippen LogP contribution in [0.2, 0.25) is 5.02 Å². The first-order valence-electron chi connectivity index (χ1n) is 5.62. The molecule has 0 saturated carbocycles. The molecular weight excluding hydrogens is 306 g/mol. The summed E-state index contributed by atoms with van der Waals surface area (Å²) in [6.45, 7) is 1.84. The smallest absolute Gasteiger partial charge is 0.144 e. The van der Waals surface area contributed by atoms with Gasteiger partial charge >= 0.3 is 0 Å². The number of hydrogen-bond acceptors (Lipinski definition) is 2. The molecule has 1 aromatic carbocycles. The van der Waals surface area contributed by atoms with E-state index < -0.39 is 5.82 Å². The summed E-state index contributed by atoms with van der Waals surface area (Å²) >= 11 is 13.6. The number of hydrogen-bond donors (Lipinski definition) is 0. The lowest BCUT2D eigenvalue weighted by molar-refractivity contribution is 0.630. The largest absolute Gasteiger partial charge is 0.294 e. The second-order valence-corrected chi connectivity index (χ2v) is 6.00. The minimum absolute atomic E-state index is 0.0812. The Morgan fingerprint density at radius 2 is 2.21 bits per heavy atom. The number of halogens is 3. The molecule has 1 unspecified atom stereocenters. The standard InChI is InChI=1S/C13H9Cl2FN2S/c1-7(14)13-17-11-5-10(16)9(15)4-12(11)18(13)8-2-3-19-6-8/h2-7H,1H3. The van der Waals surface area contributed by atoms with Crippen LogP contribution in [0.25, 0.3) is 16.7 Å². The second kappa shape index (κ2) is 4.78. The van der Waals surface area contributed by atoms with Crippen LogP contribution in [0.5, 0.6) is 0 Å². The van der Waals surface area contributed by atoms with Gasteiger partial charge in [-0.2, -0.15) is 11.3 Å². The molecule has 0 aliphatic heterocycles. The zero-order valence-corrected chi connectivity index (χ0v) is 12.2. The highest BCUT2D eigenvalue weighted by atomic mass is 35.5. The Balaban J connectivity index is 2.39. The maximum Gasteiger partial charge on any atom is 0.144 e. The molecule has 19 heavy (non-hydrogen) atoms. The first-order valence-corrected chi connectivity index (χ1v) is 7.37. The van der Waals surface area contributed by atoms with Crippen LogP contribution in [0.3, 0.4) is 0 Å². The predicted octanol–water partition coefficient (Wildman–Crippen LogP) is 5.18. The number of thiophene rings is 1. The van der Waals surface area contributed by atoms with Gasteiger partial charge in [0.25, 0.3) is 0 Å². The predicted molar refractivity (Wildman–Crippen MR) is 78.2 cm³/mol. The zero-order chi connectivity index (χ0) is 13.6.